The Labute approximate surface area is 124 Å². The Morgan fingerprint density at radius 2 is 2.15 bits per heavy atom. The molecule has 0 aliphatic heterocycles. The third-order valence-corrected chi connectivity index (χ3v) is 4.12. The SMILES string of the molecule is CN(CCNc1cc(Cl)ccc1[N+](=O)[O-])C1CCCC1. The Kier molecular flexibility index (Phi) is 5.20. The highest BCUT2D eigenvalue weighted by Crippen LogP contribution is 2.27. The lowest BCUT2D eigenvalue weighted by Gasteiger charge is -2.24. The number of likely N-dealkylation sites (N-methyl/N-ethyl adjacent to an activating group) is 1. The van der Waals surface area contributed by atoms with E-state index in [2.05, 4.69) is 17.3 Å². The number of nitro benzene ring substituents is 1. The molecule has 5 nitrogen and oxygen atoms in total. The molecular weight excluding hydrogens is 278 g/mol. The van der Waals surface area contributed by atoms with E-state index in [-0.39, 0.29) is 10.6 Å². The van der Waals surface area contributed by atoms with Crippen LogP contribution in [0, 0.1) is 10.1 Å². The lowest BCUT2D eigenvalue weighted by Crippen LogP contribution is -2.33. The van der Waals surface area contributed by atoms with Crippen LogP contribution >= 0.6 is 11.6 Å². The number of anilines is 1. The molecular formula is C14H20ClN3O2. The summed E-state index contributed by atoms with van der Waals surface area (Å²) in [6.07, 6.45) is 5.13. The summed E-state index contributed by atoms with van der Waals surface area (Å²) in [6, 6.07) is 5.24. The maximum atomic E-state index is 11.0. The summed E-state index contributed by atoms with van der Waals surface area (Å²) in [7, 11) is 2.12. The minimum absolute atomic E-state index is 0.0675. The number of rotatable bonds is 6. The lowest BCUT2D eigenvalue weighted by molar-refractivity contribution is -0.384. The van der Waals surface area contributed by atoms with Crippen molar-refractivity contribution in [1.29, 1.82) is 0 Å². The number of hydrogen-bond donors (Lipinski definition) is 1. The molecule has 0 radical (unpaired) electrons. The zero-order valence-electron chi connectivity index (χ0n) is 11.6. The molecule has 0 heterocycles. The van der Waals surface area contributed by atoms with Crippen LogP contribution in [-0.2, 0) is 0 Å². The number of nitrogens with zero attached hydrogens (tertiary/aromatic N) is 2. The van der Waals surface area contributed by atoms with Gasteiger partial charge in [-0.05, 0) is 32.0 Å². The summed E-state index contributed by atoms with van der Waals surface area (Å²) in [5.74, 6) is 0. The molecule has 0 spiro atoms. The van der Waals surface area contributed by atoms with Crippen LogP contribution in [0.25, 0.3) is 0 Å². The Hall–Kier alpha value is -1.33. The molecule has 0 unspecified atom stereocenters. The van der Waals surface area contributed by atoms with Crippen molar-refractivity contribution in [3.63, 3.8) is 0 Å². The van der Waals surface area contributed by atoms with E-state index in [1.54, 1.807) is 6.07 Å². The van der Waals surface area contributed by atoms with Crippen LogP contribution in [0.4, 0.5) is 11.4 Å². The molecule has 1 aromatic carbocycles. The maximum Gasteiger partial charge on any atom is 0.292 e. The van der Waals surface area contributed by atoms with E-state index in [0.717, 1.165) is 6.54 Å². The number of nitro groups is 1. The summed E-state index contributed by atoms with van der Waals surface area (Å²) in [4.78, 5) is 12.9. The fourth-order valence-corrected chi connectivity index (χ4v) is 2.88. The Bertz CT molecular complexity index is 475. The van der Waals surface area contributed by atoms with Crippen molar-refractivity contribution in [2.75, 3.05) is 25.5 Å². The predicted molar refractivity (Wildman–Crippen MR) is 81.5 cm³/mol. The Morgan fingerprint density at radius 3 is 2.80 bits per heavy atom. The summed E-state index contributed by atoms with van der Waals surface area (Å²) in [5.41, 5.74) is 0.556. The van der Waals surface area contributed by atoms with Crippen molar-refractivity contribution in [2.24, 2.45) is 0 Å². The van der Waals surface area contributed by atoms with E-state index in [0.29, 0.717) is 23.3 Å². The quantitative estimate of drug-likeness (QED) is 0.644. The van der Waals surface area contributed by atoms with E-state index in [1.807, 2.05) is 0 Å². The first kappa shape index (κ1) is 15.1. The molecule has 6 heteroatoms. The first-order valence-corrected chi connectivity index (χ1v) is 7.34. The van der Waals surface area contributed by atoms with Gasteiger partial charge in [-0.2, -0.15) is 0 Å². The van der Waals surface area contributed by atoms with Gasteiger partial charge in [0.1, 0.15) is 5.69 Å². The monoisotopic (exact) mass is 297 g/mol. The van der Waals surface area contributed by atoms with Gasteiger partial charge in [0.2, 0.25) is 0 Å². The van der Waals surface area contributed by atoms with E-state index >= 15 is 0 Å². The molecule has 2 rings (SSSR count). The molecule has 0 aromatic heterocycles. The molecule has 0 atom stereocenters. The highest BCUT2D eigenvalue weighted by atomic mass is 35.5. The van der Waals surface area contributed by atoms with Gasteiger partial charge in [-0.1, -0.05) is 24.4 Å². The fraction of sp³-hybridized carbons (Fsp3) is 0.571. The topological polar surface area (TPSA) is 58.4 Å². The third-order valence-electron chi connectivity index (χ3n) is 3.88. The number of halogens is 1. The second kappa shape index (κ2) is 6.90. The van der Waals surface area contributed by atoms with Gasteiger partial charge >= 0.3 is 0 Å². The molecule has 1 fully saturated rings. The van der Waals surface area contributed by atoms with Gasteiger partial charge in [0.15, 0.2) is 0 Å². The normalized spacial score (nSPS) is 15.8. The molecule has 1 aliphatic carbocycles. The van der Waals surface area contributed by atoms with Gasteiger partial charge in [-0.3, -0.25) is 10.1 Å². The Morgan fingerprint density at radius 1 is 1.45 bits per heavy atom. The van der Waals surface area contributed by atoms with Crippen LogP contribution in [-0.4, -0.2) is 36.0 Å². The number of benzene rings is 1. The van der Waals surface area contributed by atoms with Crippen molar-refractivity contribution in [2.45, 2.75) is 31.7 Å². The highest BCUT2D eigenvalue weighted by Gasteiger charge is 2.19. The molecule has 20 heavy (non-hydrogen) atoms. The largest absolute Gasteiger partial charge is 0.378 e. The van der Waals surface area contributed by atoms with Crippen LogP contribution in [0.1, 0.15) is 25.7 Å². The summed E-state index contributed by atoms with van der Waals surface area (Å²) < 4.78 is 0. The molecule has 1 aliphatic rings. The van der Waals surface area contributed by atoms with Gasteiger partial charge in [-0.25, -0.2) is 0 Å². The minimum Gasteiger partial charge on any atom is -0.378 e. The van der Waals surface area contributed by atoms with Crippen molar-refractivity contribution in [1.82, 2.24) is 4.90 Å². The van der Waals surface area contributed by atoms with Crippen molar-refractivity contribution >= 4 is 23.0 Å². The van der Waals surface area contributed by atoms with E-state index < -0.39 is 0 Å². The van der Waals surface area contributed by atoms with Crippen LogP contribution in [0.2, 0.25) is 5.02 Å². The molecule has 1 N–H and O–H groups in total. The van der Waals surface area contributed by atoms with Crippen molar-refractivity contribution < 1.29 is 4.92 Å². The van der Waals surface area contributed by atoms with Crippen molar-refractivity contribution in [3.8, 4) is 0 Å². The highest BCUT2D eigenvalue weighted by molar-refractivity contribution is 6.31. The van der Waals surface area contributed by atoms with Crippen LogP contribution in [0.5, 0.6) is 0 Å². The summed E-state index contributed by atoms with van der Waals surface area (Å²) >= 11 is 5.89. The average molecular weight is 298 g/mol. The zero-order valence-corrected chi connectivity index (χ0v) is 12.4. The second-order valence-electron chi connectivity index (χ2n) is 5.26. The molecule has 0 saturated heterocycles. The first-order valence-electron chi connectivity index (χ1n) is 6.96. The average Bonchev–Trinajstić information content (AvgIpc) is 2.92. The van der Waals surface area contributed by atoms with Gasteiger partial charge in [0, 0.05) is 30.2 Å². The van der Waals surface area contributed by atoms with Gasteiger partial charge in [-0.15, -0.1) is 0 Å². The van der Waals surface area contributed by atoms with Gasteiger partial charge < -0.3 is 10.2 Å². The Balaban J connectivity index is 1.90. The first-order chi connectivity index (χ1) is 9.58. The number of nitrogens with one attached hydrogen (secondary N) is 1. The van der Waals surface area contributed by atoms with E-state index in [1.165, 1.54) is 37.8 Å². The molecule has 1 aromatic rings. The number of hydrogen-bond acceptors (Lipinski definition) is 4. The fourth-order valence-electron chi connectivity index (χ4n) is 2.70. The van der Waals surface area contributed by atoms with Crippen LogP contribution in [0.15, 0.2) is 18.2 Å². The summed E-state index contributed by atoms with van der Waals surface area (Å²) in [5, 5.41) is 14.6. The molecule has 110 valence electrons. The third kappa shape index (κ3) is 3.84. The molecule has 0 amide bonds. The van der Waals surface area contributed by atoms with Crippen LogP contribution in [0.3, 0.4) is 0 Å². The molecule has 0 bridgehead atoms. The standard InChI is InChI=1S/C14H20ClN3O2/c1-17(12-4-2-3-5-12)9-8-16-13-10-11(15)6-7-14(13)18(19)20/h6-7,10,12,16H,2-5,8-9H2,1H3. The molecule has 1 saturated carbocycles. The minimum atomic E-state index is -0.390. The smallest absolute Gasteiger partial charge is 0.292 e. The predicted octanol–water partition coefficient (Wildman–Crippen LogP) is 3.53. The zero-order chi connectivity index (χ0) is 14.5. The van der Waals surface area contributed by atoms with Gasteiger partial charge in [0.25, 0.3) is 5.69 Å². The maximum absolute atomic E-state index is 11.0. The van der Waals surface area contributed by atoms with Crippen LogP contribution < -0.4 is 5.32 Å². The second-order valence-corrected chi connectivity index (χ2v) is 5.70. The lowest BCUT2D eigenvalue weighted by atomic mass is 10.2. The van der Waals surface area contributed by atoms with E-state index in [4.69, 9.17) is 11.6 Å². The van der Waals surface area contributed by atoms with Crippen molar-refractivity contribution in [3.05, 3.63) is 33.3 Å². The van der Waals surface area contributed by atoms with Gasteiger partial charge in [0.05, 0.1) is 4.92 Å². The van der Waals surface area contributed by atoms with E-state index in [9.17, 15) is 10.1 Å². The summed E-state index contributed by atoms with van der Waals surface area (Å²) in [6.45, 7) is 1.54.